The first-order valence-electron chi connectivity index (χ1n) is 27.0. The molecule has 8 nitrogen and oxygen atoms in total. The van der Waals surface area contributed by atoms with Gasteiger partial charge in [-0.25, -0.2) is 4.98 Å². The number of phenolic OH excluding ortho intramolecular Hbond substituents is 3. The molecule has 0 atom stereocenters. The van der Waals surface area contributed by atoms with Crippen LogP contribution in [0.3, 0.4) is 0 Å². The Kier molecular flexibility index (Phi) is 22.5. The molecule has 0 aliphatic rings. The number of para-hydroxylation sites is 4. The second kappa shape index (κ2) is 30.9. The summed E-state index contributed by atoms with van der Waals surface area (Å²) in [5.41, 5.74) is 9.72. The standard InChI is InChI=1S/3C15H11NO.2C15H10N.3Ir/c17-15-8-4-2-6-12(15)14-10-9-11-5-1-3-7-13(11)16-14;2*17-14-8-4-3-7-13(14)15-12-6-2-1-5-11(12)9-10-16-15;1-2-7-13(8-3-1)15-14-9-5-4-6-12(14)10-11-16-15;1-2-6-12(7-3-1)15-10-13-8-4-5-9-14(13)11-16-15;;;/h3*1-10,17H;1-7,9-11H;1-6,8-11H;;;/q;;;2*-1;;;. The van der Waals surface area contributed by atoms with E-state index in [0.29, 0.717) is 0 Å². The van der Waals surface area contributed by atoms with Crippen molar-refractivity contribution in [1.82, 2.24) is 24.9 Å². The minimum atomic E-state index is 0. The number of pyridine rings is 5. The van der Waals surface area contributed by atoms with E-state index in [4.69, 9.17) is 0 Å². The first kappa shape index (κ1) is 62.6. The molecule has 0 spiro atoms. The van der Waals surface area contributed by atoms with Gasteiger partial charge in [-0.1, -0.05) is 164 Å². The largest absolute Gasteiger partial charge is 0.507 e. The maximum Gasteiger partial charge on any atom is 0.124 e. The Balaban J connectivity index is 0.000000139. The zero-order chi connectivity index (χ0) is 56.6. The maximum absolute atomic E-state index is 9.88. The summed E-state index contributed by atoms with van der Waals surface area (Å²) in [6.45, 7) is 0. The molecule has 0 unspecified atom stereocenters. The van der Waals surface area contributed by atoms with Crippen LogP contribution in [0.5, 0.6) is 17.2 Å². The molecular weight excluding hydrogens is 1600 g/mol. The third-order valence-electron chi connectivity index (χ3n) is 13.7. The van der Waals surface area contributed by atoms with Gasteiger partial charge in [0.2, 0.25) is 0 Å². The molecule has 0 saturated carbocycles. The Bertz CT molecular complexity index is 4500. The summed E-state index contributed by atoms with van der Waals surface area (Å²) in [5, 5.41) is 39.8. The van der Waals surface area contributed by atoms with E-state index >= 15 is 0 Å². The van der Waals surface area contributed by atoms with E-state index in [1.54, 1.807) is 36.7 Å². The summed E-state index contributed by atoms with van der Waals surface area (Å²) in [7, 11) is 0. The average molecular weight is 1650 g/mol. The molecule has 5 heterocycles. The van der Waals surface area contributed by atoms with Crippen LogP contribution < -0.4 is 0 Å². The zero-order valence-electron chi connectivity index (χ0n) is 45.9. The van der Waals surface area contributed by atoms with Crippen molar-refractivity contribution >= 4 is 54.0 Å². The fourth-order valence-electron chi connectivity index (χ4n) is 9.58. The van der Waals surface area contributed by atoms with Gasteiger partial charge in [0.1, 0.15) is 17.2 Å². The number of aromatic nitrogens is 5. The number of hydrogen-bond acceptors (Lipinski definition) is 8. The van der Waals surface area contributed by atoms with Gasteiger partial charge < -0.3 is 25.3 Å². The molecule has 86 heavy (non-hydrogen) atoms. The van der Waals surface area contributed by atoms with E-state index in [-0.39, 0.29) is 77.6 Å². The molecular formula is C75H53Ir3N5O3-2. The quantitative estimate of drug-likeness (QED) is 0.146. The fourth-order valence-corrected chi connectivity index (χ4v) is 9.58. The Labute approximate surface area is 539 Å². The van der Waals surface area contributed by atoms with Crippen LogP contribution in [0, 0.1) is 12.1 Å². The van der Waals surface area contributed by atoms with Crippen molar-refractivity contribution in [2.75, 3.05) is 0 Å². The van der Waals surface area contributed by atoms with Crippen molar-refractivity contribution in [3.8, 4) is 73.5 Å². The van der Waals surface area contributed by atoms with Crippen molar-refractivity contribution < 1.29 is 75.6 Å². The molecule has 0 amide bonds. The van der Waals surface area contributed by atoms with Crippen LogP contribution in [0.2, 0.25) is 0 Å². The number of fused-ring (bicyclic) bond motifs is 5. The second-order valence-corrected chi connectivity index (χ2v) is 19.1. The van der Waals surface area contributed by atoms with E-state index in [9.17, 15) is 15.3 Å². The summed E-state index contributed by atoms with van der Waals surface area (Å²) < 4.78 is 0. The third kappa shape index (κ3) is 15.3. The Morgan fingerprint density at radius 3 is 1.17 bits per heavy atom. The van der Waals surface area contributed by atoms with Gasteiger partial charge in [-0.05, 0) is 110 Å². The van der Waals surface area contributed by atoms with E-state index in [1.165, 1.54) is 21.5 Å². The molecule has 0 bridgehead atoms. The van der Waals surface area contributed by atoms with Crippen LogP contribution in [0.1, 0.15) is 0 Å². The summed E-state index contributed by atoms with van der Waals surface area (Å²) in [5.74, 6) is 0.781. The molecule has 0 fully saturated rings. The van der Waals surface area contributed by atoms with Gasteiger partial charge in [0, 0.05) is 118 Å². The normalized spacial score (nSPS) is 10.2. The van der Waals surface area contributed by atoms with Crippen LogP contribution in [0.15, 0.2) is 304 Å². The monoisotopic (exact) mass is 1650 g/mol. The van der Waals surface area contributed by atoms with Gasteiger partial charge in [0.25, 0.3) is 0 Å². The average Bonchev–Trinajstić information content (AvgIpc) is 3.56. The molecule has 10 aromatic carbocycles. The summed E-state index contributed by atoms with van der Waals surface area (Å²) >= 11 is 0. The number of nitrogens with zero attached hydrogens (tertiary/aromatic N) is 5. The van der Waals surface area contributed by atoms with E-state index in [1.807, 2.05) is 237 Å². The molecule has 11 heteroatoms. The van der Waals surface area contributed by atoms with Gasteiger partial charge in [-0.2, -0.15) is 0 Å². The summed E-state index contributed by atoms with van der Waals surface area (Å²) in [6.07, 6.45) is 7.29. The van der Waals surface area contributed by atoms with Crippen molar-refractivity contribution in [3.05, 3.63) is 316 Å². The second-order valence-electron chi connectivity index (χ2n) is 19.1. The number of hydrogen-bond donors (Lipinski definition) is 3. The topological polar surface area (TPSA) is 125 Å². The SMILES string of the molecule is Oc1ccccc1-c1ccc2ccccc2n1.Oc1ccccc1-c1nccc2ccccc12.Oc1ccccc1-c1nccc2ccccc12.[Ir].[Ir].[Ir].[c-]1ccccc1-c1cc2ccccc2cn1.[c-]1ccccc1-c1nccc2ccccc12. The predicted molar refractivity (Wildman–Crippen MR) is 339 cm³/mol. The van der Waals surface area contributed by atoms with Crippen LogP contribution in [-0.4, -0.2) is 40.2 Å². The number of aromatic hydroxyl groups is 3. The Morgan fingerprint density at radius 2 is 0.674 bits per heavy atom. The first-order valence-corrected chi connectivity index (χ1v) is 27.0. The van der Waals surface area contributed by atoms with Crippen molar-refractivity contribution in [3.63, 3.8) is 0 Å². The molecule has 15 aromatic rings. The molecule has 425 valence electrons. The molecule has 0 aliphatic heterocycles. The van der Waals surface area contributed by atoms with Crippen LogP contribution in [-0.2, 0) is 60.3 Å². The molecule has 0 saturated heterocycles. The fraction of sp³-hybridized carbons (Fsp3) is 0. The van der Waals surface area contributed by atoms with Crippen LogP contribution >= 0.6 is 0 Å². The number of phenols is 3. The maximum atomic E-state index is 9.88. The number of rotatable bonds is 5. The van der Waals surface area contributed by atoms with Crippen molar-refractivity contribution in [2.45, 2.75) is 0 Å². The minimum Gasteiger partial charge on any atom is -0.507 e. The minimum absolute atomic E-state index is 0. The molecule has 3 N–H and O–H groups in total. The van der Waals surface area contributed by atoms with Gasteiger partial charge in [0.05, 0.1) is 22.6 Å². The summed E-state index contributed by atoms with van der Waals surface area (Å²) in [4.78, 5) is 22.2. The number of benzene rings is 10. The van der Waals surface area contributed by atoms with E-state index < -0.39 is 0 Å². The Hall–Kier alpha value is -9.40. The summed E-state index contributed by atoms with van der Waals surface area (Å²) in [6, 6.07) is 96.6. The van der Waals surface area contributed by atoms with Crippen molar-refractivity contribution in [2.24, 2.45) is 0 Å². The third-order valence-corrected chi connectivity index (χ3v) is 13.7. The predicted octanol–water partition coefficient (Wildman–Crippen LogP) is 18.2. The van der Waals surface area contributed by atoms with Gasteiger partial charge in [-0.3, -0.25) is 9.97 Å². The zero-order valence-corrected chi connectivity index (χ0v) is 53.1. The van der Waals surface area contributed by atoms with E-state index in [2.05, 4.69) is 67.4 Å². The first-order chi connectivity index (χ1) is 40.9. The van der Waals surface area contributed by atoms with Crippen LogP contribution in [0.4, 0.5) is 0 Å². The van der Waals surface area contributed by atoms with Gasteiger partial charge in [-0.15, -0.1) is 71.8 Å². The van der Waals surface area contributed by atoms with E-state index in [0.717, 1.165) is 88.7 Å². The van der Waals surface area contributed by atoms with Gasteiger partial charge in [0.15, 0.2) is 0 Å². The molecule has 15 rings (SSSR count). The van der Waals surface area contributed by atoms with Crippen LogP contribution in [0.25, 0.3) is 110 Å². The Morgan fingerprint density at radius 1 is 0.279 bits per heavy atom. The molecule has 3 radical (unpaired) electrons. The van der Waals surface area contributed by atoms with Gasteiger partial charge >= 0.3 is 0 Å². The smallest absolute Gasteiger partial charge is 0.124 e. The molecule has 5 aromatic heterocycles. The molecule has 0 aliphatic carbocycles. The van der Waals surface area contributed by atoms with Crippen molar-refractivity contribution in [1.29, 1.82) is 0 Å².